The normalized spacial score (nSPS) is 19.6. The monoisotopic (exact) mass is 323 g/mol. The lowest BCUT2D eigenvalue weighted by molar-refractivity contribution is -0.137. The maximum absolute atomic E-state index is 13.3. The highest BCUT2D eigenvalue weighted by atomic mass is 16.6. The van der Waals surface area contributed by atoms with Gasteiger partial charge < -0.3 is 9.64 Å². The molecule has 0 saturated carbocycles. The van der Waals surface area contributed by atoms with Gasteiger partial charge in [0.25, 0.3) is 5.91 Å². The molecule has 0 N–H and O–H groups in total. The Morgan fingerprint density at radius 1 is 1.08 bits per heavy atom. The molecule has 0 bridgehead atoms. The summed E-state index contributed by atoms with van der Waals surface area (Å²) in [6.45, 7) is 5.60. The van der Waals surface area contributed by atoms with Gasteiger partial charge in [-0.15, -0.1) is 0 Å². The molecule has 4 nitrogen and oxygen atoms in total. The van der Waals surface area contributed by atoms with Gasteiger partial charge in [0, 0.05) is 18.2 Å². The summed E-state index contributed by atoms with van der Waals surface area (Å²) in [5, 5.41) is 0. The molecule has 0 spiro atoms. The van der Waals surface area contributed by atoms with Crippen LogP contribution in [0.1, 0.15) is 36.7 Å². The molecule has 2 aromatic carbocycles. The van der Waals surface area contributed by atoms with Crippen molar-refractivity contribution >= 4 is 17.6 Å². The van der Waals surface area contributed by atoms with Crippen LogP contribution < -0.4 is 4.90 Å². The molecule has 0 saturated heterocycles. The van der Waals surface area contributed by atoms with Gasteiger partial charge >= 0.3 is 5.97 Å². The summed E-state index contributed by atoms with van der Waals surface area (Å²) in [6, 6.07) is 16.7. The van der Waals surface area contributed by atoms with E-state index in [0.717, 1.165) is 11.3 Å². The molecule has 1 amide bonds. The van der Waals surface area contributed by atoms with Crippen LogP contribution in [0, 0.1) is 0 Å². The predicted molar refractivity (Wildman–Crippen MR) is 93.0 cm³/mol. The van der Waals surface area contributed by atoms with Gasteiger partial charge in [0.1, 0.15) is 0 Å². The van der Waals surface area contributed by atoms with Crippen molar-refractivity contribution in [3.63, 3.8) is 0 Å². The van der Waals surface area contributed by atoms with Gasteiger partial charge in [-0.25, -0.2) is 4.79 Å². The Balaban J connectivity index is 1.98. The van der Waals surface area contributed by atoms with Gasteiger partial charge in [-0.2, -0.15) is 0 Å². The number of amides is 1. The number of cyclic esters (lactones) is 1. The van der Waals surface area contributed by atoms with Crippen LogP contribution in [0.5, 0.6) is 0 Å². The number of ether oxygens (including phenoxy) is 1. The molecule has 1 atom stereocenters. The Labute approximate surface area is 142 Å². The highest BCUT2D eigenvalue weighted by Gasteiger charge is 2.45. The van der Waals surface area contributed by atoms with Crippen LogP contribution in [0.25, 0.3) is 0 Å². The Morgan fingerprint density at radius 3 is 2.38 bits per heavy atom. The van der Waals surface area contributed by atoms with E-state index in [4.69, 9.17) is 4.74 Å². The summed E-state index contributed by atoms with van der Waals surface area (Å²) in [6.07, 6.45) is 0.379. The van der Waals surface area contributed by atoms with Crippen LogP contribution in [0.4, 0.5) is 5.69 Å². The average Bonchev–Trinajstić information content (AvgIpc) is 2.55. The summed E-state index contributed by atoms with van der Waals surface area (Å²) >= 11 is 0. The van der Waals surface area contributed by atoms with E-state index in [2.05, 4.69) is 0 Å². The lowest BCUT2D eigenvalue weighted by Crippen LogP contribution is -2.55. The Bertz CT molecular complexity index is 769. The molecule has 0 aliphatic carbocycles. The first-order chi connectivity index (χ1) is 11.4. The van der Waals surface area contributed by atoms with Gasteiger partial charge in [-0.05, 0) is 44.5 Å². The van der Waals surface area contributed by atoms with Gasteiger partial charge in [0.05, 0.1) is 5.56 Å². The Kier molecular flexibility index (Phi) is 4.14. The van der Waals surface area contributed by atoms with Crippen molar-refractivity contribution in [2.45, 2.75) is 38.8 Å². The van der Waals surface area contributed by atoms with Gasteiger partial charge in [-0.1, -0.05) is 36.4 Å². The minimum atomic E-state index is -1.20. The number of rotatable bonds is 3. The number of fused-ring (bicyclic) bond motifs is 1. The minimum absolute atomic E-state index is 0.0485. The third kappa shape index (κ3) is 2.80. The van der Waals surface area contributed by atoms with Gasteiger partial charge in [0.15, 0.2) is 5.60 Å². The second kappa shape index (κ2) is 6.11. The number of carbonyl (C=O) groups excluding carboxylic acids is 2. The van der Waals surface area contributed by atoms with Crippen LogP contribution in [0.15, 0.2) is 54.6 Å². The van der Waals surface area contributed by atoms with Crippen LogP contribution in [0.3, 0.4) is 0 Å². The van der Waals surface area contributed by atoms with Crippen LogP contribution in [-0.2, 0) is 16.0 Å². The molecule has 0 fully saturated rings. The first-order valence-electron chi connectivity index (χ1n) is 8.12. The largest absolute Gasteiger partial charge is 0.445 e. The summed E-state index contributed by atoms with van der Waals surface area (Å²) in [5.41, 5.74) is 0.986. The highest BCUT2D eigenvalue weighted by molar-refractivity contribution is 6.04. The maximum Gasteiger partial charge on any atom is 0.339 e. The van der Waals surface area contributed by atoms with E-state index in [1.165, 1.54) is 0 Å². The second-order valence-electron chi connectivity index (χ2n) is 6.56. The van der Waals surface area contributed by atoms with Crippen molar-refractivity contribution in [3.8, 4) is 0 Å². The zero-order valence-electron chi connectivity index (χ0n) is 14.2. The molecule has 3 rings (SSSR count). The zero-order valence-corrected chi connectivity index (χ0v) is 14.2. The Morgan fingerprint density at radius 2 is 1.71 bits per heavy atom. The topological polar surface area (TPSA) is 46.6 Å². The fourth-order valence-electron chi connectivity index (χ4n) is 3.15. The number of hydrogen-bond donors (Lipinski definition) is 0. The van der Waals surface area contributed by atoms with E-state index >= 15 is 0 Å². The number of nitrogens with zero attached hydrogens (tertiary/aromatic N) is 1. The summed E-state index contributed by atoms with van der Waals surface area (Å²) in [4.78, 5) is 27.3. The SMILES string of the molecule is CC(C)N(C(=O)C1(C)Cc2ccccc2C(=O)O1)c1ccccc1. The third-order valence-electron chi connectivity index (χ3n) is 4.30. The summed E-state index contributed by atoms with van der Waals surface area (Å²) in [7, 11) is 0. The van der Waals surface area contributed by atoms with E-state index in [-0.39, 0.29) is 11.9 Å². The fraction of sp³-hybridized carbons (Fsp3) is 0.300. The van der Waals surface area contributed by atoms with Crippen molar-refractivity contribution in [2.75, 3.05) is 4.90 Å². The lowest BCUT2D eigenvalue weighted by Gasteiger charge is -2.38. The first-order valence-corrected chi connectivity index (χ1v) is 8.12. The molecule has 0 radical (unpaired) electrons. The van der Waals surface area contributed by atoms with E-state index < -0.39 is 11.6 Å². The maximum atomic E-state index is 13.3. The second-order valence-corrected chi connectivity index (χ2v) is 6.56. The number of benzene rings is 2. The lowest BCUT2D eigenvalue weighted by atomic mass is 9.88. The fourth-order valence-corrected chi connectivity index (χ4v) is 3.15. The molecule has 1 aliphatic rings. The number of hydrogen-bond acceptors (Lipinski definition) is 3. The van der Waals surface area contributed by atoms with Crippen molar-refractivity contribution < 1.29 is 14.3 Å². The number of esters is 1. The molecule has 124 valence electrons. The van der Waals surface area contributed by atoms with Gasteiger partial charge in [0.2, 0.25) is 0 Å². The number of anilines is 1. The van der Waals surface area contributed by atoms with Crippen molar-refractivity contribution in [2.24, 2.45) is 0 Å². The molecular weight excluding hydrogens is 302 g/mol. The molecule has 1 unspecified atom stereocenters. The van der Waals surface area contributed by atoms with Crippen molar-refractivity contribution in [3.05, 3.63) is 65.7 Å². The van der Waals surface area contributed by atoms with Crippen molar-refractivity contribution in [1.82, 2.24) is 0 Å². The molecule has 1 aliphatic heterocycles. The average molecular weight is 323 g/mol. The number of para-hydroxylation sites is 1. The van der Waals surface area contributed by atoms with E-state index in [0.29, 0.717) is 12.0 Å². The van der Waals surface area contributed by atoms with Crippen LogP contribution in [0.2, 0.25) is 0 Å². The summed E-state index contributed by atoms with van der Waals surface area (Å²) < 4.78 is 5.58. The van der Waals surface area contributed by atoms with Gasteiger partial charge in [-0.3, -0.25) is 4.79 Å². The van der Waals surface area contributed by atoms with E-state index in [1.807, 2.05) is 56.3 Å². The molecule has 24 heavy (non-hydrogen) atoms. The Hall–Kier alpha value is -2.62. The third-order valence-corrected chi connectivity index (χ3v) is 4.30. The molecule has 0 aromatic heterocycles. The van der Waals surface area contributed by atoms with E-state index in [9.17, 15) is 9.59 Å². The molecule has 1 heterocycles. The molecule has 2 aromatic rings. The predicted octanol–water partition coefficient (Wildman–Crippen LogP) is 3.60. The molecule has 4 heteroatoms. The first kappa shape index (κ1) is 16.2. The highest BCUT2D eigenvalue weighted by Crippen LogP contribution is 2.32. The smallest absolute Gasteiger partial charge is 0.339 e. The number of carbonyl (C=O) groups is 2. The standard InChI is InChI=1S/C20H21NO3/c1-14(2)21(16-10-5-4-6-11-16)19(23)20(3)13-15-9-7-8-12-17(15)18(22)24-20/h4-12,14H,13H2,1-3H3. The van der Waals surface area contributed by atoms with Crippen LogP contribution >= 0.6 is 0 Å². The van der Waals surface area contributed by atoms with Crippen molar-refractivity contribution in [1.29, 1.82) is 0 Å². The van der Waals surface area contributed by atoms with Crippen LogP contribution in [-0.4, -0.2) is 23.5 Å². The van der Waals surface area contributed by atoms with E-state index in [1.54, 1.807) is 24.0 Å². The minimum Gasteiger partial charge on any atom is -0.445 e. The quantitative estimate of drug-likeness (QED) is 0.811. The molecular formula is C20H21NO3. The summed E-state index contributed by atoms with van der Waals surface area (Å²) in [5.74, 6) is -0.643. The zero-order chi connectivity index (χ0) is 17.3.